The van der Waals surface area contributed by atoms with Gasteiger partial charge in [0.25, 0.3) is 5.91 Å². The molecule has 142 valence electrons. The molecule has 1 amide bonds. The van der Waals surface area contributed by atoms with E-state index in [9.17, 15) is 13.2 Å². The third-order valence-corrected chi connectivity index (χ3v) is 6.83. The number of aryl methyl sites for hydroxylation is 2. The Labute approximate surface area is 161 Å². The largest absolute Gasteiger partial charge is 0.329 e. The highest BCUT2D eigenvalue weighted by Gasteiger charge is 2.40. The van der Waals surface area contributed by atoms with E-state index in [2.05, 4.69) is 18.2 Å². The highest BCUT2D eigenvalue weighted by atomic mass is 32.2. The predicted molar refractivity (Wildman–Crippen MR) is 106 cm³/mol. The predicted octanol–water partition coefficient (Wildman–Crippen LogP) is 4.08. The molecular formula is C22H25NO3S. The van der Waals surface area contributed by atoms with E-state index in [1.165, 1.54) is 17.4 Å². The first kappa shape index (κ1) is 18.2. The molecule has 0 aliphatic heterocycles. The van der Waals surface area contributed by atoms with Crippen LogP contribution >= 0.6 is 0 Å². The van der Waals surface area contributed by atoms with Gasteiger partial charge in [0.1, 0.15) is 0 Å². The van der Waals surface area contributed by atoms with Crippen molar-refractivity contribution in [3.8, 4) is 0 Å². The zero-order chi connectivity index (χ0) is 19.2. The summed E-state index contributed by atoms with van der Waals surface area (Å²) in [5, 5.41) is 0. The number of fused-ring (bicyclic) bond motifs is 1. The van der Waals surface area contributed by atoms with Crippen LogP contribution in [0.3, 0.4) is 0 Å². The molecule has 4 rings (SSSR count). The first-order chi connectivity index (χ1) is 12.9. The summed E-state index contributed by atoms with van der Waals surface area (Å²) in [5.41, 5.74) is 3.91. The van der Waals surface area contributed by atoms with Crippen molar-refractivity contribution in [1.29, 1.82) is 0 Å². The van der Waals surface area contributed by atoms with E-state index < -0.39 is 9.84 Å². The second-order valence-corrected chi connectivity index (χ2v) is 9.82. The van der Waals surface area contributed by atoms with Crippen LogP contribution in [0.25, 0.3) is 0 Å². The fourth-order valence-electron chi connectivity index (χ4n) is 4.13. The Morgan fingerprint density at radius 1 is 1.07 bits per heavy atom. The van der Waals surface area contributed by atoms with E-state index in [0.717, 1.165) is 37.7 Å². The van der Waals surface area contributed by atoms with Crippen LogP contribution in [0.1, 0.15) is 58.8 Å². The molecular weight excluding hydrogens is 358 g/mol. The summed E-state index contributed by atoms with van der Waals surface area (Å²) in [4.78, 5) is 15.8. The molecule has 5 heteroatoms. The molecule has 2 aromatic carbocycles. The summed E-state index contributed by atoms with van der Waals surface area (Å²) in [5.74, 6) is -0.0396. The molecule has 1 unspecified atom stereocenters. The van der Waals surface area contributed by atoms with Crippen LogP contribution in [-0.2, 0) is 16.3 Å². The molecule has 0 aromatic heterocycles. The normalized spacial score (nSPS) is 19.4. The van der Waals surface area contributed by atoms with Crippen LogP contribution in [0.4, 0.5) is 0 Å². The van der Waals surface area contributed by atoms with Crippen LogP contribution in [0.15, 0.2) is 47.4 Å². The first-order valence-corrected chi connectivity index (χ1v) is 11.5. The summed E-state index contributed by atoms with van der Waals surface area (Å²) in [6.07, 6.45) is 6.32. The molecule has 0 bridgehead atoms. The standard InChI is InChI=1S/C22H25NO3S/c1-15-10-13-18(27(2,25)26)14-20(15)22(24)23(17-11-12-17)21-9-5-7-16-6-3-4-8-19(16)21/h3-4,6,8,10,13-14,17,21H,5,7,9,11-12H2,1-2H3. The molecule has 1 atom stereocenters. The van der Waals surface area contributed by atoms with E-state index in [1.807, 2.05) is 17.9 Å². The van der Waals surface area contributed by atoms with Crippen molar-refractivity contribution in [1.82, 2.24) is 4.90 Å². The van der Waals surface area contributed by atoms with E-state index in [1.54, 1.807) is 18.2 Å². The van der Waals surface area contributed by atoms with E-state index in [-0.39, 0.29) is 22.9 Å². The van der Waals surface area contributed by atoms with Gasteiger partial charge < -0.3 is 4.90 Å². The van der Waals surface area contributed by atoms with E-state index >= 15 is 0 Å². The molecule has 0 heterocycles. The monoisotopic (exact) mass is 383 g/mol. The molecule has 1 saturated carbocycles. The van der Waals surface area contributed by atoms with Crippen molar-refractivity contribution in [3.63, 3.8) is 0 Å². The Balaban J connectivity index is 1.76. The zero-order valence-corrected chi connectivity index (χ0v) is 16.6. The molecule has 0 saturated heterocycles. The van der Waals surface area contributed by atoms with Crippen molar-refractivity contribution in [2.24, 2.45) is 0 Å². The number of nitrogens with zero attached hydrogens (tertiary/aromatic N) is 1. The molecule has 2 aliphatic carbocycles. The van der Waals surface area contributed by atoms with Gasteiger partial charge in [0, 0.05) is 17.9 Å². The maximum atomic E-state index is 13.6. The van der Waals surface area contributed by atoms with E-state index in [4.69, 9.17) is 0 Å². The molecule has 0 N–H and O–H groups in total. The summed E-state index contributed by atoms with van der Waals surface area (Å²) in [7, 11) is -3.35. The lowest BCUT2D eigenvalue weighted by Gasteiger charge is -2.36. The Morgan fingerprint density at radius 3 is 2.52 bits per heavy atom. The Kier molecular flexibility index (Phi) is 4.58. The van der Waals surface area contributed by atoms with Gasteiger partial charge in [-0.1, -0.05) is 30.3 Å². The van der Waals surface area contributed by atoms with Gasteiger partial charge in [0.15, 0.2) is 9.84 Å². The number of sulfone groups is 1. The molecule has 2 aromatic rings. The maximum absolute atomic E-state index is 13.6. The van der Waals surface area contributed by atoms with Gasteiger partial charge in [-0.15, -0.1) is 0 Å². The van der Waals surface area contributed by atoms with Gasteiger partial charge in [-0.3, -0.25) is 4.79 Å². The third-order valence-electron chi connectivity index (χ3n) is 5.72. The zero-order valence-electron chi connectivity index (χ0n) is 15.8. The topological polar surface area (TPSA) is 54.5 Å². The third kappa shape index (κ3) is 3.53. The summed E-state index contributed by atoms with van der Waals surface area (Å²) in [6, 6.07) is 13.6. The molecule has 4 nitrogen and oxygen atoms in total. The van der Waals surface area contributed by atoms with Gasteiger partial charge in [-0.25, -0.2) is 8.42 Å². The Bertz CT molecular complexity index is 992. The molecule has 2 aliphatic rings. The lowest BCUT2D eigenvalue weighted by Crippen LogP contribution is -2.38. The van der Waals surface area contributed by atoms with Crippen LogP contribution in [0, 0.1) is 6.92 Å². The van der Waals surface area contributed by atoms with Gasteiger partial charge in [0.05, 0.1) is 10.9 Å². The SMILES string of the molecule is Cc1ccc(S(C)(=O)=O)cc1C(=O)N(C1CC1)C1CCCc2ccccc21. The quantitative estimate of drug-likeness (QED) is 0.799. The molecule has 27 heavy (non-hydrogen) atoms. The average molecular weight is 384 g/mol. The maximum Gasteiger partial charge on any atom is 0.254 e. The first-order valence-electron chi connectivity index (χ1n) is 9.57. The average Bonchev–Trinajstić information content (AvgIpc) is 3.46. The van der Waals surface area contributed by atoms with Gasteiger partial charge in [-0.05, 0) is 67.9 Å². The van der Waals surface area contributed by atoms with E-state index in [0.29, 0.717) is 5.56 Å². The van der Waals surface area contributed by atoms with Crippen molar-refractivity contribution in [3.05, 3.63) is 64.7 Å². The fraction of sp³-hybridized carbons (Fsp3) is 0.409. The van der Waals surface area contributed by atoms with Crippen molar-refractivity contribution < 1.29 is 13.2 Å². The number of hydrogen-bond acceptors (Lipinski definition) is 3. The Morgan fingerprint density at radius 2 is 1.81 bits per heavy atom. The summed E-state index contributed by atoms with van der Waals surface area (Å²) < 4.78 is 24.0. The van der Waals surface area contributed by atoms with Crippen molar-refractivity contribution in [2.45, 2.75) is 56.0 Å². The number of carbonyl (C=O) groups is 1. The fourth-order valence-corrected chi connectivity index (χ4v) is 4.78. The highest BCUT2D eigenvalue weighted by Crippen LogP contribution is 2.42. The highest BCUT2D eigenvalue weighted by molar-refractivity contribution is 7.90. The van der Waals surface area contributed by atoms with Crippen LogP contribution in [0.2, 0.25) is 0 Å². The molecule has 0 spiro atoms. The van der Waals surface area contributed by atoms with Crippen LogP contribution < -0.4 is 0 Å². The van der Waals surface area contributed by atoms with Crippen LogP contribution in [-0.4, -0.2) is 31.5 Å². The van der Waals surface area contributed by atoms with Crippen molar-refractivity contribution >= 4 is 15.7 Å². The minimum absolute atomic E-state index is 0.0396. The minimum Gasteiger partial charge on any atom is -0.329 e. The smallest absolute Gasteiger partial charge is 0.254 e. The van der Waals surface area contributed by atoms with Crippen LogP contribution in [0.5, 0.6) is 0 Å². The summed E-state index contributed by atoms with van der Waals surface area (Å²) in [6.45, 7) is 1.87. The van der Waals surface area contributed by atoms with Crippen molar-refractivity contribution in [2.75, 3.05) is 6.26 Å². The van der Waals surface area contributed by atoms with Gasteiger partial charge in [0.2, 0.25) is 0 Å². The molecule has 0 radical (unpaired) electrons. The number of carbonyl (C=O) groups excluding carboxylic acids is 1. The number of hydrogen-bond donors (Lipinski definition) is 0. The number of amides is 1. The lowest BCUT2D eigenvalue weighted by atomic mass is 9.86. The Hall–Kier alpha value is -2.14. The second-order valence-electron chi connectivity index (χ2n) is 7.80. The summed E-state index contributed by atoms with van der Waals surface area (Å²) >= 11 is 0. The van der Waals surface area contributed by atoms with Gasteiger partial charge >= 0.3 is 0 Å². The number of rotatable bonds is 4. The molecule has 1 fully saturated rings. The second kappa shape index (κ2) is 6.79. The van der Waals surface area contributed by atoms with Gasteiger partial charge in [-0.2, -0.15) is 0 Å². The number of benzene rings is 2. The minimum atomic E-state index is -3.35. The lowest BCUT2D eigenvalue weighted by molar-refractivity contribution is 0.0637.